The van der Waals surface area contributed by atoms with E-state index >= 15 is 0 Å². The summed E-state index contributed by atoms with van der Waals surface area (Å²) in [7, 11) is 1.65. The molecule has 5 heteroatoms. The smallest absolute Gasteiger partial charge is 0.231 e. The molecule has 0 saturated carbocycles. The van der Waals surface area contributed by atoms with Crippen LogP contribution in [0.4, 0.5) is 0 Å². The zero-order valence-electron chi connectivity index (χ0n) is 14.2. The van der Waals surface area contributed by atoms with Gasteiger partial charge in [0.1, 0.15) is 0 Å². The number of hydrogen-bond donors (Lipinski definition) is 0. The van der Waals surface area contributed by atoms with Crippen molar-refractivity contribution in [3.63, 3.8) is 0 Å². The first-order valence-electron chi connectivity index (χ1n) is 8.25. The standard InChI is InChI=1S/C20H19NO4/c1-3-23-20-11-15-14(10-18(20)22-2)6-7-21-16(15)8-13-4-5-17-19(9-13)25-12-24-17/h4-7,9-11H,3,8,12H2,1-2H3. The van der Waals surface area contributed by atoms with Gasteiger partial charge in [-0.1, -0.05) is 6.07 Å². The van der Waals surface area contributed by atoms with E-state index in [0.29, 0.717) is 13.0 Å². The van der Waals surface area contributed by atoms with E-state index in [1.165, 1.54) is 0 Å². The monoisotopic (exact) mass is 337 g/mol. The largest absolute Gasteiger partial charge is 0.493 e. The van der Waals surface area contributed by atoms with E-state index in [-0.39, 0.29) is 6.79 Å². The molecule has 1 aromatic heterocycles. The van der Waals surface area contributed by atoms with Crippen molar-refractivity contribution in [1.29, 1.82) is 0 Å². The second-order valence-corrected chi connectivity index (χ2v) is 5.78. The Kier molecular flexibility index (Phi) is 4.06. The van der Waals surface area contributed by atoms with Gasteiger partial charge in [-0.05, 0) is 48.2 Å². The number of ether oxygens (including phenoxy) is 4. The normalized spacial score (nSPS) is 12.4. The van der Waals surface area contributed by atoms with Crippen molar-refractivity contribution in [3.8, 4) is 23.0 Å². The number of rotatable bonds is 5. The van der Waals surface area contributed by atoms with Crippen molar-refractivity contribution < 1.29 is 18.9 Å². The molecule has 0 amide bonds. The molecular weight excluding hydrogens is 318 g/mol. The van der Waals surface area contributed by atoms with Crippen molar-refractivity contribution >= 4 is 10.8 Å². The lowest BCUT2D eigenvalue weighted by Crippen LogP contribution is -1.98. The highest BCUT2D eigenvalue weighted by Crippen LogP contribution is 2.36. The van der Waals surface area contributed by atoms with E-state index in [4.69, 9.17) is 18.9 Å². The van der Waals surface area contributed by atoms with Crippen molar-refractivity contribution in [1.82, 2.24) is 4.98 Å². The summed E-state index contributed by atoms with van der Waals surface area (Å²) in [4.78, 5) is 4.58. The lowest BCUT2D eigenvalue weighted by molar-refractivity contribution is 0.174. The Morgan fingerprint density at radius 1 is 1.04 bits per heavy atom. The molecular formula is C20H19NO4. The summed E-state index contributed by atoms with van der Waals surface area (Å²) in [5.41, 5.74) is 2.11. The van der Waals surface area contributed by atoms with Crippen molar-refractivity contribution in [3.05, 3.63) is 53.9 Å². The maximum absolute atomic E-state index is 5.71. The molecule has 0 radical (unpaired) electrons. The van der Waals surface area contributed by atoms with Gasteiger partial charge >= 0.3 is 0 Å². The molecule has 4 rings (SSSR count). The number of methoxy groups -OCH3 is 1. The van der Waals surface area contributed by atoms with Crippen LogP contribution >= 0.6 is 0 Å². The molecule has 0 spiro atoms. The number of fused-ring (bicyclic) bond motifs is 2. The Balaban J connectivity index is 1.75. The van der Waals surface area contributed by atoms with Crippen LogP contribution in [-0.4, -0.2) is 25.5 Å². The topological polar surface area (TPSA) is 49.8 Å². The van der Waals surface area contributed by atoms with Gasteiger partial charge in [0.05, 0.1) is 19.4 Å². The first-order chi connectivity index (χ1) is 12.3. The molecule has 5 nitrogen and oxygen atoms in total. The molecule has 0 N–H and O–H groups in total. The second-order valence-electron chi connectivity index (χ2n) is 5.78. The predicted octanol–water partition coefficient (Wildman–Crippen LogP) is 3.96. The fraction of sp³-hybridized carbons (Fsp3) is 0.250. The van der Waals surface area contributed by atoms with E-state index in [1.54, 1.807) is 7.11 Å². The van der Waals surface area contributed by atoms with Crippen LogP contribution in [0.5, 0.6) is 23.0 Å². The lowest BCUT2D eigenvalue weighted by atomic mass is 10.0. The minimum absolute atomic E-state index is 0.281. The molecule has 0 saturated heterocycles. The van der Waals surface area contributed by atoms with Gasteiger partial charge < -0.3 is 18.9 Å². The highest BCUT2D eigenvalue weighted by molar-refractivity contribution is 5.88. The van der Waals surface area contributed by atoms with E-state index in [0.717, 1.165) is 45.0 Å². The number of hydrogen-bond acceptors (Lipinski definition) is 5. The van der Waals surface area contributed by atoms with Crippen LogP contribution in [0.2, 0.25) is 0 Å². The van der Waals surface area contributed by atoms with E-state index < -0.39 is 0 Å². The van der Waals surface area contributed by atoms with E-state index in [2.05, 4.69) is 4.98 Å². The molecule has 2 heterocycles. The molecule has 0 atom stereocenters. The summed E-state index contributed by atoms with van der Waals surface area (Å²) in [6, 6.07) is 12.0. The van der Waals surface area contributed by atoms with Crippen molar-refractivity contribution in [2.45, 2.75) is 13.3 Å². The summed E-state index contributed by atoms with van der Waals surface area (Å²) >= 11 is 0. The Morgan fingerprint density at radius 3 is 2.76 bits per heavy atom. The van der Waals surface area contributed by atoms with Crippen LogP contribution < -0.4 is 18.9 Å². The Hall–Kier alpha value is -2.95. The van der Waals surface area contributed by atoms with Crippen molar-refractivity contribution in [2.75, 3.05) is 20.5 Å². The predicted molar refractivity (Wildman–Crippen MR) is 94.8 cm³/mol. The summed E-state index contributed by atoms with van der Waals surface area (Å²) in [6.07, 6.45) is 2.52. The first kappa shape index (κ1) is 15.6. The quantitative estimate of drug-likeness (QED) is 0.705. The number of aromatic nitrogens is 1. The Labute approximate surface area is 146 Å². The van der Waals surface area contributed by atoms with Crippen LogP contribution in [0.15, 0.2) is 42.6 Å². The number of nitrogens with zero attached hydrogens (tertiary/aromatic N) is 1. The number of pyridine rings is 1. The van der Waals surface area contributed by atoms with Crippen LogP contribution in [0.3, 0.4) is 0 Å². The van der Waals surface area contributed by atoms with Crippen LogP contribution in [0, 0.1) is 0 Å². The van der Waals surface area contributed by atoms with Gasteiger partial charge in [-0.3, -0.25) is 4.98 Å². The zero-order chi connectivity index (χ0) is 17.2. The van der Waals surface area contributed by atoms with Crippen LogP contribution in [0.1, 0.15) is 18.2 Å². The van der Waals surface area contributed by atoms with Crippen LogP contribution in [0.25, 0.3) is 10.8 Å². The average Bonchev–Trinajstić information content (AvgIpc) is 3.10. The van der Waals surface area contributed by atoms with Crippen LogP contribution in [-0.2, 0) is 6.42 Å². The third-order valence-electron chi connectivity index (χ3n) is 4.24. The second kappa shape index (κ2) is 6.51. The van der Waals surface area contributed by atoms with Gasteiger partial charge in [-0.2, -0.15) is 0 Å². The average molecular weight is 337 g/mol. The van der Waals surface area contributed by atoms with Gasteiger partial charge in [0.25, 0.3) is 0 Å². The molecule has 128 valence electrons. The molecule has 2 aromatic carbocycles. The molecule has 0 bridgehead atoms. The van der Waals surface area contributed by atoms with Crippen molar-refractivity contribution in [2.24, 2.45) is 0 Å². The highest BCUT2D eigenvalue weighted by Gasteiger charge is 2.15. The molecule has 3 aromatic rings. The summed E-state index contributed by atoms with van der Waals surface area (Å²) in [6.45, 7) is 2.82. The lowest BCUT2D eigenvalue weighted by Gasteiger charge is -2.13. The fourth-order valence-electron chi connectivity index (χ4n) is 3.05. The SMILES string of the molecule is CCOc1cc2c(Cc3ccc4c(c3)OCO4)nccc2cc1OC. The Morgan fingerprint density at radius 2 is 1.92 bits per heavy atom. The van der Waals surface area contributed by atoms with Gasteiger partial charge in [0.15, 0.2) is 23.0 Å². The molecule has 1 aliphatic heterocycles. The molecule has 25 heavy (non-hydrogen) atoms. The molecule has 0 fully saturated rings. The third-order valence-corrected chi connectivity index (χ3v) is 4.24. The van der Waals surface area contributed by atoms with Gasteiger partial charge in [-0.15, -0.1) is 0 Å². The van der Waals surface area contributed by atoms with Gasteiger partial charge in [0, 0.05) is 18.0 Å². The summed E-state index contributed by atoms with van der Waals surface area (Å²) in [5.74, 6) is 3.04. The fourth-order valence-corrected chi connectivity index (χ4v) is 3.05. The summed E-state index contributed by atoms with van der Waals surface area (Å²) in [5, 5.41) is 2.13. The minimum atomic E-state index is 0.281. The summed E-state index contributed by atoms with van der Waals surface area (Å²) < 4.78 is 22.0. The first-order valence-corrected chi connectivity index (χ1v) is 8.25. The van der Waals surface area contributed by atoms with E-state index in [1.807, 2.05) is 49.5 Å². The molecule has 1 aliphatic rings. The number of benzene rings is 2. The highest BCUT2D eigenvalue weighted by atomic mass is 16.7. The Bertz CT molecular complexity index is 923. The maximum Gasteiger partial charge on any atom is 0.231 e. The van der Waals surface area contributed by atoms with Gasteiger partial charge in [-0.25, -0.2) is 0 Å². The minimum Gasteiger partial charge on any atom is -0.493 e. The molecule has 0 unspecified atom stereocenters. The third kappa shape index (κ3) is 2.93. The maximum atomic E-state index is 5.71. The zero-order valence-corrected chi connectivity index (χ0v) is 14.2. The van der Waals surface area contributed by atoms with Gasteiger partial charge in [0.2, 0.25) is 6.79 Å². The molecule has 0 aliphatic carbocycles. The van der Waals surface area contributed by atoms with E-state index in [9.17, 15) is 0 Å².